The van der Waals surface area contributed by atoms with Crippen LogP contribution < -0.4 is 0 Å². The van der Waals surface area contributed by atoms with Crippen LogP contribution >= 0.6 is 15.9 Å². The summed E-state index contributed by atoms with van der Waals surface area (Å²) in [5.74, 6) is -0.819. The number of aliphatic imine (C=N–C) groups is 1. The standard InChI is InChI=1S/C12H14BrF3N2O/c1-3-4-18(2)7-17-10-5-8(12(14,15)16)11(19)6-9(10)13/h5-7,19H,3-4H2,1-2H3. The molecule has 0 heterocycles. The van der Waals surface area contributed by atoms with Gasteiger partial charge in [-0.15, -0.1) is 0 Å². The molecular formula is C12H14BrF3N2O. The van der Waals surface area contributed by atoms with Crippen molar-refractivity contribution in [1.29, 1.82) is 0 Å². The number of nitrogens with zero attached hydrogens (tertiary/aromatic N) is 2. The lowest BCUT2D eigenvalue weighted by Gasteiger charge is -2.13. The Morgan fingerprint density at radius 2 is 2.05 bits per heavy atom. The average molecular weight is 339 g/mol. The third-order valence-corrected chi connectivity index (χ3v) is 2.98. The van der Waals surface area contributed by atoms with E-state index in [1.807, 2.05) is 6.92 Å². The first-order valence-corrected chi connectivity index (χ1v) is 6.39. The third kappa shape index (κ3) is 4.41. The SMILES string of the molecule is CCCN(C)C=Nc1cc(C(F)(F)F)c(O)cc1Br. The number of hydrogen-bond acceptors (Lipinski definition) is 2. The molecule has 1 aromatic rings. The van der Waals surface area contributed by atoms with E-state index in [2.05, 4.69) is 20.9 Å². The summed E-state index contributed by atoms with van der Waals surface area (Å²) in [4.78, 5) is 5.75. The molecule has 0 unspecified atom stereocenters. The van der Waals surface area contributed by atoms with E-state index in [4.69, 9.17) is 0 Å². The second-order valence-electron chi connectivity index (χ2n) is 4.04. The van der Waals surface area contributed by atoms with Crippen molar-refractivity contribution in [3.63, 3.8) is 0 Å². The highest BCUT2D eigenvalue weighted by Gasteiger charge is 2.34. The van der Waals surface area contributed by atoms with E-state index in [0.717, 1.165) is 25.1 Å². The summed E-state index contributed by atoms with van der Waals surface area (Å²) in [7, 11) is 1.78. The van der Waals surface area contributed by atoms with Gasteiger partial charge in [0.2, 0.25) is 0 Å². The smallest absolute Gasteiger partial charge is 0.420 e. The molecule has 1 rings (SSSR count). The molecule has 0 radical (unpaired) electrons. The number of aromatic hydroxyl groups is 1. The molecular weight excluding hydrogens is 325 g/mol. The van der Waals surface area contributed by atoms with Gasteiger partial charge in [-0.3, -0.25) is 0 Å². The normalized spacial score (nSPS) is 12.1. The van der Waals surface area contributed by atoms with Crippen LogP contribution in [0.3, 0.4) is 0 Å². The number of phenols is 1. The lowest BCUT2D eigenvalue weighted by atomic mass is 10.1. The van der Waals surface area contributed by atoms with Gasteiger partial charge in [0, 0.05) is 18.1 Å². The van der Waals surface area contributed by atoms with Crippen molar-refractivity contribution in [3.05, 3.63) is 22.2 Å². The molecule has 0 spiro atoms. The summed E-state index contributed by atoms with van der Waals surface area (Å²) in [5.41, 5.74) is -0.978. The highest BCUT2D eigenvalue weighted by Crippen LogP contribution is 2.41. The van der Waals surface area contributed by atoms with E-state index in [0.29, 0.717) is 4.47 Å². The van der Waals surface area contributed by atoms with E-state index in [-0.39, 0.29) is 5.69 Å². The van der Waals surface area contributed by atoms with Gasteiger partial charge in [-0.1, -0.05) is 6.92 Å². The number of hydrogen-bond donors (Lipinski definition) is 1. The topological polar surface area (TPSA) is 35.8 Å². The molecule has 0 aliphatic rings. The van der Waals surface area contributed by atoms with E-state index >= 15 is 0 Å². The zero-order chi connectivity index (χ0) is 14.6. The molecule has 0 saturated carbocycles. The van der Waals surface area contributed by atoms with E-state index in [1.54, 1.807) is 11.9 Å². The first kappa shape index (κ1) is 15.8. The van der Waals surface area contributed by atoms with Crippen molar-refractivity contribution < 1.29 is 18.3 Å². The van der Waals surface area contributed by atoms with E-state index in [1.165, 1.54) is 6.34 Å². The highest BCUT2D eigenvalue weighted by atomic mass is 79.9. The Balaban J connectivity index is 3.08. The van der Waals surface area contributed by atoms with Crippen molar-refractivity contribution >= 4 is 28.0 Å². The predicted molar refractivity (Wildman–Crippen MR) is 71.9 cm³/mol. The molecule has 19 heavy (non-hydrogen) atoms. The van der Waals surface area contributed by atoms with Gasteiger partial charge in [0.15, 0.2) is 0 Å². The van der Waals surface area contributed by atoms with Crippen LogP contribution in [0.2, 0.25) is 0 Å². The molecule has 106 valence electrons. The Bertz CT molecular complexity index is 475. The van der Waals surface area contributed by atoms with Gasteiger partial charge in [-0.05, 0) is 34.5 Å². The molecule has 1 aromatic carbocycles. The second-order valence-corrected chi connectivity index (χ2v) is 4.90. The monoisotopic (exact) mass is 338 g/mol. The third-order valence-electron chi connectivity index (χ3n) is 2.34. The van der Waals surface area contributed by atoms with Crippen LogP contribution in [0.4, 0.5) is 18.9 Å². The van der Waals surface area contributed by atoms with Gasteiger partial charge in [0.1, 0.15) is 5.75 Å². The lowest BCUT2D eigenvalue weighted by Crippen LogP contribution is -2.16. The van der Waals surface area contributed by atoms with Crippen LogP contribution in [0.15, 0.2) is 21.6 Å². The van der Waals surface area contributed by atoms with Crippen molar-refractivity contribution in [3.8, 4) is 5.75 Å². The highest BCUT2D eigenvalue weighted by molar-refractivity contribution is 9.10. The Hall–Kier alpha value is -1.24. The van der Waals surface area contributed by atoms with Gasteiger partial charge in [-0.2, -0.15) is 13.2 Å². The second kappa shape index (κ2) is 6.27. The van der Waals surface area contributed by atoms with Gasteiger partial charge in [-0.25, -0.2) is 4.99 Å². The molecule has 0 atom stereocenters. The molecule has 0 aromatic heterocycles. The van der Waals surface area contributed by atoms with Crippen molar-refractivity contribution in [1.82, 2.24) is 4.90 Å². The fraction of sp³-hybridized carbons (Fsp3) is 0.417. The Kier molecular flexibility index (Phi) is 5.22. The van der Waals surface area contributed by atoms with Crippen LogP contribution in [0.25, 0.3) is 0 Å². The number of rotatable bonds is 4. The summed E-state index contributed by atoms with van der Waals surface area (Å²) in [6, 6.07) is 1.81. The molecule has 7 heteroatoms. The van der Waals surface area contributed by atoms with Crippen LogP contribution in [0, 0.1) is 0 Å². The molecule has 0 amide bonds. The first-order valence-electron chi connectivity index (χ1n) is 5.59. The zero-order valence-electron chi connectivity index (χ0n) is 10.5. The number of halogens is 4. The largest absolute Gasteiger partial charge is 0.507 e. The van der Waals surface area contributed by atoms with Crippen LogP contribution in [-0.2, 0) is 6.18 Å². The maximum atomic E-state index is 12.6. The fourth-order valence-corrected chi connectivity index (χ4v) is 1.88. The number of alkyl halides is 3. The molecule has 0 saturated heterocycles. The summed E-state index contributed by atoms with van der Waals surface area (Å²) in [5, 5.41) is 9.30. The quantitative estimate of drug-likeness (QED) is 0.660. The Morgan fingerprint density at radius 3 is 2.58 bits per heavy atom. The average Bonchev–Trinajstić information content (AvgIpc) is 2.26. The van der Waals surface area contributed by atoms with Crippen molar-refractivity contribution in [2.75, 3.05) is 13.6 Å². The fourth-order valence-electron chi connectivity index (χ4n) is 1.45. The van der Waals surface area contributed by atoms with E-state index in [9.17, 15) is 18.3 Å². The van der Waals surface area contributed by atoms with Crippen LogP contribution in [0.1, 0.15) is 18.9 Å². The first-order chi connectivity index (χ1) is 8.75. The minimum absolute atomic E-state index is 0.119. The minimum atomic E-state index is -4.61. The Morgan fingerprint density at radius 1 is 1.42 bits per heavy atom. The van der Waals surface area contributed by atoms with Gasteiger partial charge < -0.3 is 10.0 Å². The summed E-state index contributed by atoms with van der Waals surface area (Å²) < 4.78 is 38.2. The lowest BCUT2D eigenvalue weighted by molar-refractivity contribution is -0.138. The predicted octanol–water partition coefficient (Wildman–Crippen LogP) is 4.18. The van der Waals surface area contributed by atoms with Crippen LogP contribution in [0.5, 0.6) is 5.75 Å². The number of benzene rings is 1. The number of phenolic OH excluding ortho intramolecular Hbond substituents is 1. The zero-order valence-corrected chi connectivity index (χ0v) is 12.1. The molecule has 0 aliphatic heterocycles. The molecule has 0 fully saturated rings. The van der Waals surface area contributed by atoms with Crippen molar-refractivity contribution in [2.24, 2.45) is 4.99 Å². The van der Waals surface area contributed by atoms with Gasteiger partial charge in [0.25, 0.3) is 0 Å². The molecule has 3 nitrogen and oxygen atoms in total. The summed E-state index contributed by atoms with van der Waals surface area (Å²) in [6.07, 6.45) is -2.24. The van der Waals surface area contributed by atoms with Gasteiger partial charge >= 0.3 is 6.18 Å². The maximum absolute atomic E-state index is 12.6. The molecule has 0 bridgehead atoms. The minimum Gasteiger partial charge on any atom is -0.507 e. The van der Waals surface area contributed by atoms with Crippen molar-refractivity contribution in [2.45, 2.75) is 19.5 Å². The molecule has 1 N–H and O–H groups in total. The van der Waals surface area contributed by atoms with Crippen LogP contribution in [-0.4, -0.2) is 29.9 Å². The maximum Gasteiger partial charge on any atom is 0.420 e. The molecule has 0 aliphatic carbocycles. The Labute approximate surface area is 117 Å². The summed E-state index contributed by atoms with van der Waals surface area (Å²) >= 11 is 3.08. The summed E-state index contributed by atoms with van der Waals surface area (Å²) in [6.45, 7) is 2.74. The van der Waals surface area contributed by atoms with E-state index < -0.39 is 17.5 Å². The van der Waals surface area contributed by atoms with Gasteiger partial charge in [0.05, 0.1) is 17.6 Å².